The summed E-state index contributed by atoms with van der Waals surface area (Å²) < 4.78 is 4.32. The van der Waals surface area contributed by atoms with E-state index in [-0.39, 0.29) is 6.03 Å². The number of anilines is 2. The van der Waals surface area contributed by atoms with Crippen LogP contribution < -0.4 is 15.5 Å². The van der Waals surface area contributed by atoms with Crippen molar-refractivity contribution in [2.24, 2.45) is 0 Å². The van der Waals surface area contributed by atoms with Crippen LogP contribution in [-0.4, -0.2) is 63.0 Å². The van der Waals surface area contributed by atoms with E-state index < -0.39 is 0 Å². The highest BCUT2D eigenvalue weighted by Crippen LogP contribution is 2.24. The van der Waals surface area contributed by atoms with Crippen LogP contribution in [0.4, 0.5) is 16.3 Å². The van der Waals surface area contributed by atoms with Gasteiger partial charge < -0.3 is 15.2 Å². The number of carbonyl (C=O) groups is 1. The Morgan fingerprint density at radius 2 is 2.10 bits per heavy atom. The van der Waals surface area contributed by atoms with Gasteiger partial charge in [-0.1, -0.05) is 0 Å². The summed E-state index contributed by atoms with van der Waals surface area (Å²) in [6.07, 6.45) is 3.54. The van der Waals surface area contributed by atoms with Crippen LogP contribution in [0.2, 0.25) is 0 Å². The molecule has 0 radical (unpaired) electrons. The molecule has 1 aliphatic heterocycles. The van der Waals surface area contributed by atoms with Crippen LogP contribution in [0.3, 0.4) is 0 Å². The summed E-state index contributed by atoms with van der Waals surface area (Å²) >= 11 is 1.44. The molecular weight excluding hydrogens is 400 g/mol. The largest absolute Gasteiger partial charge is 0.368 e. The van der Waals surface area contributed by atoms with Gasteiger partial charge in [0.2, 0.25) is 0 Å². The van der Waals surface area contributed by atoms with E-state index in [4.69, 9.17) is 4.98 Å². The zero-order valence-corrected chi connectivity index (χ0v) is 18.0. The second-order valence-electron chi connectivity index (χ2n) is 7.16. The van der Waals surface area contributed by atoms with Gasteiger partial charge in [0.1, 0.15) is 11.5 Å². The summed E-state index contributed by atoms with van der Waals surface area (Å²) in [5.74, 6) is 1.40. The second-order valence-corrected chi connectivity index (χ2v) is 8.05. The van der Waals surface area contributed by atoms with E-state index in [1.165, 1.54) is 17.2 Å². The van der Waals surface area contributed by atoms with E-state index in [9.17, 15) is 4.79 Å². The van der Waals surface area contributed by atoms with E-state index in [1.54, 1.807) is 6.20 Å². The molecule has 1 aliphatic rings. The first-order chi connectivity index (χ1) is 14.6. The average Bonchev–Trinajstić information content (AvgIpc) is 3.41. The number of piperazine rings is 1. The lowest BCUT2D eigenvalue weighted by molar-refractivity contribution is 0.251. The molecule has 30 heavy (non-hydrogen) atoms. The Morgan fingerprint density at radius 1 is 1.27 bits per heavy atom. The fourth-order valence-corrected chi connectivity index (χ4v) is 4.28. The van der Waals surface area contributed by atoms with Crippen molar-refractivity contribution in [2.75, 3.05) is 42.9 Å². The van der Waals surface area contributed by atoms with E-state index in [0.717, 1.165) is 54.8 Å². The molecule has 4 rings (SSSR count). The van der Waals surface area contributed by atoms with Crippen LogP contribution in [0.25, 0.3) is 11.5 Å². The van der Waals surface area contributed by atoms with Crippen LogP contribution >= 0.6 is 11.5 Å². The molecule has 0 spiro atoms. The van der Waals surface area contributed by atoms with Crippen molar-refractivity contribution in [3.05, 3.63) is 41.2 Å². The SMILES string of the molecule is CCNC(=O)Nc1cc(CN2CCN(c3ccc(-c4ncc[nH]4)nc3C)CC2)sn1. The minimum absolute atomic E-state index is 0.218. The lowest BCUT2D eigenvalue weighted by Gasteiger charge is -2.36. The number of imidazole rings is 1. The Hall–Kier alpha value is -2.98. The first kappa shape index (κ1) is 20.3. The van der Waals surface area contributed by atoms with Crippen molar-refractivity contribution in [1.29, 1.82) is 0 Å². The van der Waals surface area contributed by atoms with Crippen LogP contribution in [-0.2, 0) is 6.54 Å². The number of hydrogen-bond donors (Lipinski definition) is 3. The molecule has 10 heteroatoms. The zero-order valence-electron chi connectivity index (χ0n) is 17.2. The van der Waals surface area contributed by atoms with E-state index in [2.05, 4.69) is 47.8 Å². The molecule has 0 saturated carbocycles. The molecule has 2 amide bonds. The Bertz CT molecular complexity index is 979. The maximum absolute atomic E-state index is 11.6. The molecule has 3 N–H and O–H groups in total. The number of amides is 2. The van der Waals surface area contributed by atoms with Gasteiger partial charge in [-0.15, -0.1) is 0 Å². The molecule has 0 unspecified atom stereocenters. The van der Waals surface area contributed by atoms with E-state index >= 15 is 0 Å². The van der Waals surface area contributed by atoms with Crippen LogP contribution in [0.1, 0.15) is 17.5 Å². The van der Waals surface area contributed by atoms with Gasteiger partial charge in [-0.25, -0.2) is 14.8 Å². The Morgan fingerprint density at radius 3 is 2.80 bits per heavy atom. The van der Waals surface area contributed by atoms with Gasteiger partial charge in [-0.3, -0.25) is 10.2 Å². The van der Waals surface area contributed by atoms with Gasteiger partial charge in [0.05, 0.1) is 11.4 Å². The summed E-state index contributed by atoms with van der Waals surface area (Å²) in [5.41, 5.74) is 3.05. The highest BCUT2D eigenvalue weighted by Gasteiger charge is 2.20. The number of aryl methyl sites for hydroxylation is 1. The molecule has 0 atom stereocenters. The maximum Gasteiger partial charge on any atom is 0.320 e. The van der Waals surface area contributed by atoms with Gasteiger partial charge in [0.15, 0.2) is 5.82 Å². The summed E-state index contributed by atoms with van der Waals surface area (Å²) in [7, 11) is 0. The number of hydrogen-bond acceptors (Lipinski definition) is 7. The third-order valence-electron chi connectivity index (χ3n) is 5.03. The number of nitrogens with zero attached hydrogens (tertiary/aromatic N) is 5. The number of rotatable bonds is 6. The Kier molecular flexibility index (Phi) is 6.24. The normalized spacial score (nSPS) is 14.7. The van der Waals surface area contributed by atoms with Gasteiger partial charge in [-0.2, -0.15) is 4.37 Å². The first-order valence-electron chi connectivity index (χ1n) is 10.1. The van der Waals surface area contributed by atoms with Crippen molar-refractivity contribution < 1.29 is 4.79 Å². The van der Waals surface area contributed by atoms with Crippen molar-refractivity contribution in [3.8, 4) is 11.5 Å². The third-order valence-corrected chi connectivity index (χ3v) is 5.80. The number of carbonyl (C=O) groups excluding carboxylic acids is 1. The van der Waals surface area contributed by atoms with E-state index in [1.807, 2.05) is 25.3 Å². The number of urea groups is 1. The standard InChI is InChI=1S/C20H26N8OS/c1-3-21-20(29)25-18-12-15(30-26-18)13-27-8-10-28(11-9-27)17-5-4-16(24-14(17)2)19-22-6-7-23-19/h4-7,12H,3,8-11,13H2,1-2H3,(H,22,23)(H2,21,25,26,29). The third kappa shape index (κ3) is 4.77. The molecule has 9 nitrogen and oxygen atoms in total. The molecule has 1 fully saturated rings. The van der Waals surface area contributed by atoms with Crippen LogP contribution in [0.5, 0.6) is 0 Å². The molecule has 3 aromatic rings. The summed E-state index contributed by atoms with van der Waals surface area (Å²) in [5, 5.41) is 5.47. The minimum atomic E-state index is -0.218. The summed E-state index contributed by atoms with van der Waals surface area (Å²) in [6, 6.07) is 5.89. The predicted molar refractivity (Wildman–Crippen MR) is 119 cm³/mol. The molecular formula is C20H26N8OS. The summed E-state index contributed by atoms with van der Waals surface area (Å²) in [6.45, 7) is 9.21. The molecule has 1 saturated heterocycles. The van der Waals surface area contributed by atoms with Crippen LogP contribution in [0, 0.1) is 6.92 Å². The molecule has 3 aromatic heterocycles. The predicted octanol–water partition coefficient (Wildman–Crippen LogP) is 2.70. The number of nitrogens with one attached hydrogen (secondary N) is 3. The average molecular weight is 427 g/mol. The van der Waals surface area contributed by atoms with Crippen LogP contribution in [0.15, 0.2) is 30.6 Å². The fourth-order valence-electron chi connectivity index (χ4n) is 3.56. The van der Waals surface area contributed by atoms with Crippen molar-refractivity contribution in [1.82, 2.24) is 29.5 Å². The minimum Gasteiger partial charge on any atom is -0.368 e. The number of aromatic nitrogens is 4. The highest BCUT2D eigenvalue weighted by molar-refractivity contribution is 7.06. The van der Waals surface area contributed by atoms with Gasteiger partial charge >= 0.3 is 6.03 Å². The molecule has 0 aliphatic carbocycles. The monoisotopic (exact) mass is 426 g/mol. The first-order valence-corrected chi connectivity index (χ1v) is 10.8. The summed E-state index contributed by atoms with van der Waals surface area (Å²) in [4.78, 5) is 29.7. The lowest BCUT2D eigenvalue weighted by atomic mass is 10.2. The maximum atomic E-state index is 11.6. The number of H-pyrrole nitrogens is 1. The smallest absolute Gasteiger partial charge is 0.320 e. The number of aromatic amines is 1. The molecule has 4 heterocycles. The Balaban J connectivity index is 1.31. The van der Waals surface area contributed by atoms with E-state index in [0.29, 0.717) is 12.4 Å². The quantitative estimate of drug-likeness (QED) is 0.560. The zero-order chi connectivity index (χ0) is 20.9. The topological polar surface area (TPSA) is 102 Å². The van der Waals surface area contributed by atoms with Crippen molar-refractivity contribution in [2.45, 2.75) is 20.4 Å². The highest BCUT2D eigenvalue weighted by atomic mass is 32.1. The van der Waals surface area contributed by atoms with Gasteiger partial charge in [-0.05, 0) is 43.6 Å². The van der Waals surface area contributed by atoms with Crippen molar-refractivity contribution >= 4 is 29.1 Å². The van der Waals surface area contributed by atoms with Gasteiger partial charge in [0.25, 0.3) is 0 Å². The number of pyridine rings is 1. The van der Waals surface area contributed by atoms with Gasteiger partial charge in [0, 0.05) is 56.5 Å². The molecule has 158 valence electrons. The van der Waals surface area contributed by atoms with Crippen molar-refractivity contribution in [3.63, 3.8) is 0 Å². The Labute approximate surface area is 179 Å². The molecule has 0 aromatic carbocycles. The fraction of sp³-hybridized carbons (Fsp3) is 0.400. The molecule has 0 bridgehead atoms. The lowest BCUT2D eigenvalue weighted by Crippen LogP contribution is -2.46. The second kappa shape index (κ2) is 9.23.